The van der Waals surface area contributed by atoms with Crippen molar-refractivity contribution < 1.29 is 39.4 Å². The Balaban J connectivity index is 1.53. The van der Waals surface area contributed by atoms with Gasteiger partial charge < -0.3 is 14.2 Å². The molecule has 0 bridgehead atoms. The van der Waals surface area contributed by atoms with Crippen molar-refractivity contribution in [2.45, 2.75) is 111 Å². The van der Waals surface area contributed by atoms with E-state index in [0.29, 0.717) is 36.5 Å². The van der Waals surface area contributed by atoms with E-state index in [1.54, 1.807) is 0 Å². The van der Waals surface area contributed by atoms with Gasteiger partial charge in [0.2, 0.25) is 20.8 Å². The van der Waals surface area contributed by atoms with Crippen molar-refractivity contribution in [3.63, 3.8) is 0 Å². The molecule has 0 radical (unpaired) electrons. The van der Waals surface area contributed by atoms with Gasteiger partial charge in [0, 0.05) is 0 Å². The van der Waals surface area contributed by atoms with E-state index in [0.717, 1.165) is 57.8 Å². The van der Waals surface area contributed by atoms with Gasteiger partial charge in [0.15, 0.2) is 0 Å². The van der Waals surface area contributed by atoms with Crippen molar-refractivity contribution in [2.75, 3.05) is 6.61 Å². The minimum absolute atomic E-state index is 0.0146. The highest BCUT2D eigenvalue weighted by molar-refractivity contribution is 7.81. The maximum Gasteiger partial charge on any atom is 0.217 e. The summed E-state index contributed by atoms with van der Waals surface area (Å²) in [7, 11) is -9.66. The van der Waals surface area contributed by atoms with Crippen molar-refractivity contribution >= 4 is 20.8 Å². The molecule has 4 aliphatic carbocycles. The molecular formula is C27H46O9S2-2. The van der Waals surface area contributed by atoms with Crippen LogP contribution in [0.2, 0.25) is 0 Å². The Morgan fingerprint density at radius 3 is 2.24 bits per heavy atom. The highest BCUT2D eigenvalue weighted by Crippen LogP contribution is 2.68. The summed E-state index contributed by atoms with van der Waals surface area (Å²) in [6.45, 7) is 8.84. The zero-order valence-corrected chi connectivity index (χ0v) is 24.8. The highest BCUT2D eigenvalue weighted by atomic mass is 32.3. The molecule has 0 saturated heterocycles. The van der Waals surface area contributed by atoms with Crippen LogP contribution in [0.15, 0.2) is 0 Å². The maximum atomic E-state index is 11.4. The molecule has 10 atom stereocenters. The zero-order valence-electron chi connectivity index (χ0n) is 23.2. The molecule has 222 valence electrons. The lowest BCUT2D eigenvalue weighted by molar-refractivity contribution is -0.156. The van der Waals surface area contributed by atoms with E-state index < -0.39 is 33.0 Å². The molecule has 0 amide bonds. The molecule has 0 aromatic heterocycles. The number of aliphatic hydroxyl groups excluding tert-OH is 1. The van der Waals surface area contributed by atoms with Gasteiger partial charge in [0.1, 0.15) is 6.10 Å². The lowest BCUT2D eigenvalue weighted by Gasteiger charge is -2.62. The Hall–Kier alpha value is -0.300. The molecule has 0 aromatic carbocycles. The van der Waals surface area contributed by atoms with Gasteiger partial charge in [-0.05, 0) is 110 Å². The van der Waals surface area contributed by atoms with Gasteiger partial charge in [-0.1, -0.05) is 40.5 Å². The molecule has 4 fully saturated rings. The van der Waals surface area contributed by atoms with Crippen LogP contribution in [0.5, 0.6) is 0 Å². The van der Waals surface area contributed by atoms with Crippen LogP contribution in [-0.2, 0) is 29.2 Å². The Bertz CT molecular complexity index is 1040. The third-order valence-electron chi connectivity index (χ3n) is 11.3. The van der Waals surface area contributed by atoms with Crippen LogP contribution in [-0.4, -0.2) is 49.9 Å². The van der Waals surface area contributed by atoms with E-state index in [4.69, 9.17) is 8.37 Å². The van der Waals surface area contributed by atoms with Crippen molar-refractivity contribution in [3.8, 4) is 0 Å². The second-order valence-electron chi connectivity index (χ2n) is 13.7. The smallest absolute Gasteiger partial charge is 0.217 e. The Morgan fingerprint density at radius 2 is 1.61 bits per heavy atom. The molecule has 0 spiro atoms. The minimum Gasteiger partial charge on any atom is -0.726 e. The van der Waals surface area contributed by atoms with Gasteiger partial charge in [-0.2, -0.15) is 0 Å². The molecule has 0 aliphatic heterocycles. The number of hydrogen-bond donors (Lipinski definition) is 1. The quantitative estimate of drug-likeness (QED) is 0.294. The number of aliphatic hydroxyl groups is 1. The van der Waals surface area contributed by atoms with Crippen LogP contribution in [0.4, 0.5) is 0 Å². The van der Waals surface area contributed by atoms with Gasteiger partial charge in [-0.25, -0.2) is 16.8 Å². The normalized spacial score (nSPS) is 42.4. The minimum atomic E-state index is -4.91. The highest BCUT2D eigenvalue weighted by Gasteiger charge is 2.62. The molecule has 4 rings (SSSR count). The van der Waals surface area contributed by atoms with E-state index in [2.05, 4.69) is 27.7 Å². The predicted octanol–water partition coefficient (Wildman–Crippen LogP) is 4.38. The molecule has 0 heterocycles. The summed E-state index contributed by atoms with van der Waals surface area (Å²) in [5, 5.41) is 10.6. The summed E-state index contributed by atoms with van der Waals surface area (Å²) < 4.78 is 77.7. The molecule has 1 N–H and O–H groups in total. The second kappa shape index (κ2) is 11.2. The van der Waals surface area contributed by atoms with Crippen LogP contribution in [0.3, 0.4) is 0 Å². The standard InChI is InChI=1S/C27H48O9S2/c1-17(2)6-5-7-18(16-35-37(29,30)31)21-10-11-22-20-9-8-19-14-24(28)25(36-38(32,33)34)15-27(19,4)23(20)12-13-26(21,22)3/h17-25,28H,5-16H2,1-4H3,(H,29,30,31)(H,32,33,34)/p-2/t18-,19-,20-,21+,22-,23-,24-,25-,26+,27-/m0/s1. The fourth-order valence-electron chi connectivity index (χ4n) is 9.68. The predicted molar refractivity (Wildman–Crippen MR) is 139 cm³/mol. The van der Waals surface area contributed by atoms with Crippen molar-refractivity contribution in [3.05, 3.63) is 0 Å². The first kappa shape index (κ1) is 30.7. The third kappa shape index (κ3) is 6.44. The van der Waals surface area contributed by atoms with Crippen LogP contribution in [0.25, 0.3) is 0 Å². The molecule has 0 unspecified atom stereocenters. The molecule has 9 nitrogen and oxygen atoms in total. The fraction of sp³-hybridized carbons (Fsp3) is 1.00. The summed E-state index contributed by atoms with van der Waals surface area (Å²) in [6, 6.07) is 0. The van der Waals surface area contributed by atoms with E-state index in [1.807, 2.05) is 0 Å². The monoisotopic (exact) mass is 578 g/mol. The van der Waals surface area contributed by atoms with Crippen LogP contribution in [0.1, 0.15) is 98.3 Å². The van der Waals surface area contributed by atoms with E-state index in [1.165, 1.54) is 0 Å². The Morgan fingerprint density at radius 1 is 0.921 bits per heavy atom. The summed E-state index contributed by atoms with van der Waals surface area (Å²) in [6.07, 6.45) is 7.70. The largest absolute Gasteiger partial charge is 0.726 e. The van der Waals surface area contributed by atoms with Crippen LogP contribution < -0.4 is 0 Å². The van der Waals surface area contributed by atoms with Gasteiger partial charge in [0.05, 0.1) is 12.7 Å². The molecular weight excluding hydrogens is 532 g/mol. The third-order valence-corrected chi connectivity index (χ3v) is 12.2. The Labute approximate surface area is 229 Å². The summed E-state index contributed by atoms with van der Waals surface area (Å²) in [5.74, 6) is 2.35. The number of hydrogen-bond acceptors (Lipinski definition) is 9. The van der Waals surface area contributed by atoms with Crippen molar-refractivity contribution in [1.82, 2.24) is 0 Å². The average molecular weight is 579 g/mol. The molecule has 11 heteroatoms. The SMILES string of the molecule is CC(C)CCC[C@@H](COS(=O)(=O)[O-])[C@H]1CC[C@H]2[C@@H]3CC[C@H]4C[C@H](O)[C@@H](OS(=O)(=O)[O-])C[C@]4(C)[C@H]3CC[C@]12C. The van der Waals surface area contributed by atoms with E-state index in [9.17, 15) is 31.0 Å². The first-order chi connectivity index (χ1) is 17.5. The lowest BCUT2D eigenvalue weighted by atomic mass is 9.44. The number of rotatable bonds is 10. The molecule has 4 aliphatic rings. The van der Waals surface area contributed by atoms with Crippen molar-refractivity contribution in [2.24, 2.45) is 52.3 Å². The summed E-state index contributed by atoms with van der Waals surface area (Å²) >= 11 is 0. The fourth-order valence-corrected chi connectivity index (χ4v) is 10.5. The Kier molecular flexibility index (Phi) is 9.01. The number of fused-ring (bicyclic) bond motifs is 5. The lowest BCUT2D eigenvalue weighted by Crippen LogP contribution is -2.57. The maximum absolute atomic E-state index is 11.4. The van der Waals surface area contributed by atoms with Gasteiger partial charge >= 0.3 is 0 Å². The average Bonchev–Trinajstić information content (AvgIpc) is 3.12. The van der Waals surface area contributed by atoms with E-state index in [-0.39, 0.29) is 35.2 Å². The van der Waals surface area contributed by atoms with Crippen molar-refractivity contribution in [1.29, 1.82) is 0 Å². The molecule has 0 aromatic rings. The van der Waals surface area contributed by atoms with E-state index >= 15 is 0 Å². The first-order valence-corrected chi connectivity index (χ1v) is 17.1. The topological polar surface area (TPSA) is 153 Å². The first-order valence-electron chi connectivity index (χ1n) is 14.5. The van der Waals surface area contributed by atoms with Gasteiger partial charge in [-0.3, -0.25) is 8.37 Å². The molecule has 4 saturated carbocycles. The van der Waals surface area contributed by atoms with Gasteiger partial charge in [0.25, 0.3) is 0 Å². The van der Waals surface area contributed by atoms with Crippen LogP contribution >= 0.6 is 0 Å². The van der Waals surface area contributed by atoms with Gasteiger partial charge in [-0.15, -0.1) is 0 Å². The zero-order chi connectivity index (χ0) is 28.1. The van der Waals surface area contributed by atoms with Crippen LogP contribution in [0, 0.1) is 52.3 Å². The summed E-state index contributed by atoms with van der Waals surface area (Å²) in [4.78, 5) is 0. The second-order valence-corrected chi connectivity index (χ2v) is 15.8. The summed E-state index contributed by atoms with van der Waals surface area (Å²) in [5.41, 5.74) is -0.196. The molecule has 38 heavy (non-hydrogen) atoms.